The monoisotopic (exact) mass is 282 g/mol. The Kier molecular flexibility index (Phi) is 5.74. The number of ether oxygens (including phenoxy) is 2. The second kappa shape index (κ2) is 7.32. The molecule has 1 amide bonds. The fourth-order valence-corrected chi connectivity index (χ4v) is 1.41. The molecule has 7 heteroatoms. The number of carbonyl (C=O) groups is 2. The summed E-state index contributed by atoms with van der Waals surface area (Å²) in [5.41, 5.74) is 1.08. The third kappa shape index (κ3) is 4.92. The van der Waals surface area contributed by atoms with Crippen molar-refractivity contribution in [3.63, 3.8) is 0 Å². The maximum Gasteiger partial charge on any atom is 0.413 e. The minimum absolute atomic E-state index is 0.107. The third-order valence-electron chi connectivity index (χ3n) is 2.05. The van der Waals surface area contributed by atoms with E-state index in [0.29, 0.717) is 17.9 Å². The summed E-state index contributed by atoms with van der Waals surface area (Å²) >= 11 is 4.89. The van der Waals surface area contributed by atoms with Crippen molar-refractivity contribution in [2.75, 3.05) is 19.0 Å². The van der Waals surface area contributed by atoms with E-state index in [1.165, 1.54) is 7.11 Å². The molecule has 6 nitrogen and oxygen atoms in total. The molecule has 0 aromatic heterocycles. The zero-order valence-electron chi connectivity index (χ0n) is 10.6. The average molecular weight is 282 g/mol. The van der Waals surface area contributed by atoms with Crippen molar-refractivity contribution < 1.29 is 19.1 Å². The molecule has 1 rings (SSSR count). The Morgan fingerprint density at radius 2 is 1.89 bits per heavy atom. The topological polar surface area (TPSA) is 76.7 Å². The molecule has 0 radical (unpaired) electrons. The van der Waals surface area contributed by atoms with E-state index in [-0.39, 0.29) is 11.1 Å². The van der Waals surface area contributed by atoms with Crippen molar-refractivity contribution >= 4 is 35.1 Å². The zero-order chi connectivity index (χ0) is 14.3. The second-order valence-electron chi connectivity index (χ2n) is 3.37. The van der Waals surface area contributed by atoms with Crippen LogP contribution in [-0.2, 0) is 9.47 Å². The predicted octanol–water partition coefficient (Wildman–Crippen LogP) is 1.92. The SMILES string of the molecule is CCOC(=O)c1ccc(NC(=S)NC(=O)OC)cc1. The first-order valence-electron chi connectivity index (χ1n) is 5.50. The average Bonchev–Trinajstić information content (AvgIpc) is 2.39. The summed E-state index contributed by atoms with van der Waals surface area (Å²) in [6.45, 7) is 2.07. The summed E-state index contributed by atoms with van der Waals surface area (Å²) in [5.74, 6) is -0.385. The third-order valence-corrected chi connectivity index (χ3v) is 2.26. The van der Waals surface area contributed by atoms with Gasteiger partial charge in [-0.1, -0.05) is 0 Å². The molecule has 0 heterocycles. The van der Waals surface area contributed by atoms with E-state index in [2.05, 4.69) is 15.4 Å². The fraction of sp³-hybridized carbons (Fsp3) is 0.250. The molecule has 0 aliphatic rings. The highest BCUT2D eigenvalue weighted by Gasteiger charge is 2.07. The van der Waals surface area contributed by atoms with E-state index in [4.69, 9.17) is 17.0 Å². The van der Waals surface area contributed by atoms with Crippen LogP contribution in [0.1, 0.15) is 17.3 Å². The van der Waals surface area contributed by atoms with Gasteiger partial charge < -0.3 is 14.8 Å². The molecule has 1 aromatic rings. The molecule has 0 bridgehead atoms. The van der Waals surface area contributed by atoms with Crippen molar-refractivity contribution in [1.29, 1.82) is 0 Å². The number of hydrogen-bond donors (Lipinski definition) is 2. The lowest BCUT2D eigenvalue weighted by atomic mass is 10.2. The molecule has 0 saturated heterocycles. The van der Waals surface area contributed by atoms with Crippen LogP contribution >= 0.6 is 12.2 Å². The van der Waals surface area contributed by atoms with Crippen LogP contribution in [0.15, 0.2) is 24.3 Å². The van der Waals surface area contributed by atoms with Crippen molar-refractivity contribution in [3.8, 4) is 0 Å². The number of thiocarbonyl (C=S) groups is 1. The number of anilines is 1. The van der Waals surface area contributed by atoms with Gasteiger partial charge in [-0.25, -0.2) is 9.59 Å². The van der Waals surface area contributed by atoms with Gasteiger partial charge in [-0.05, 0) is 43.4 Å². The van der Waals surface area contributed by atoms with Crippen LogP contribution in [0, 0.1) is 0 Å². The highest BCUT2D eigenvalue weighted by molar-refractivity contribution is 7.80. The minimum Gasteiger partial charge on any atom is -0.462 e. The Labute approximate surface area is 116 Å². The summed E-state index contributed by atoms with van der Waals surface area (Å²) in [6, 6.07) is 6.50. The Balaban J connectivity index is 2.59. The quantitative estimate of drug-likeness (QED) is 0.651. The first kappa shape index (κ1) is 14.9. The number of hydrogen-bond acceptors (Lipinski definition) is 5. The van der Waals surface area contributed by atoms with Gasteiger partial charge in [0.25, 0.3) is 0 Å². The lowest BCUT2D eigenvalue weighted by molar-refractivity contribution is 0.0526. The van der Waals surface area contributed by atoms with Crippen LogP contribution in [-0.4, -0.2) is 30.9 Å². The molecule has 0 aliphatic carbocycles. The number of benzene rings is 1. The maximum atomic E-state index is 11.4. The van der Waals surface area contributed by atoms with Gasteiger partial charge >= 0.3 is 12.1 Å². The Hall–Kier alpha value is -2.15. The highest BCUT2D eigenvalue weighted by atomic mass is 32.1. The Morgan fingerprint density at radius 3 is 2.42 bits per heavy atom. The van der Waals surface area contributed by atoms with Gasteiger partial charge in [-0.15, -0.1) is 0 Å². The van der Waals surface area contributed by atoms with Crippen molar-refractivity contribution in [2.24, 2.45) is 0 Å². The van der Waals surface area contributed by atoms with Crippen LogP contribution < -0.4 is 10.6 Å². The van der Waals surface area contributed by atoms with Gasteiger partial charge in [0.05, 0.1) is 19.3 Å². The second-order valence-corrected chi connectivity index (χ2v) is 3.78. The molecule has 19 heavy (non-hydrogen) atoms. The van der Waals surface area contributed by atoms with Crippen molar-refractivity contribution in [3.05, 3.63) is 29.8 Å². The van der Waals surface area contributed by atoms with Crippen LogP contribution in [0.3, 0.4) is 0 Å². The summed E-state index contributed by atoms with van der Waals surface area (Å²) < 4.78 is 9.25. The number of methoxy groups -OCH3 is 1. The summed E-state index contributed by atoms with van der Waals surface area (Å²) in [6.07, 6.45) is -0.652. The van der Waals surface area contributed by atoms with Crippen LogP contribution in [0.25, 0.3) is 0 Å². The lowest BCUT2D eigenvalue weighted by Gasteiger charge is -2.09. The van der Waals surface area contributed by atoms with Crippen LogP contribution in [0.2, 0.25) is 0 Å². The smallest absolute Gasteiger partial charge is 0.413 e. The van der Waals surface area contributed by atoms with E-state index in [1.54, 1.807) is 31.2 Å². The van der Waals surface area contributed by atoms with Gasteiger partial charge in [0.2, 0.25) is 0 Å². The Morgan fingerprint density at radius 1 is 1.26 bits per heavy atom. The minimum atomic E-state index is -0.652. The molecule has 1 aromatic carbocycles. The molecule has 0 atom stereocenters. The van der Waals surface area contributed by atoms with E-state index >= 15 is 0 Å². The van der Waals surface area contributed by atoms with Gasteiger partial charge in [-0.3, -0.25) is 5.32 Å². The number of amides is 1. The van der Waals surface area contributed by atoms with E-state index in [9.17, 15) is 9.59 Å². The van der Waals surface area contributed by atoms with Gasteiger partial charge in [-0.2, -0.15) is 0 Å². The van der Waals surface area contributed by atoms with E-state index < -0.39 is 6.09 Å². The largest absolute Gasteiger partial charge is 0.462 e. The molecule has 0 spiro atoms. The number of rotatable bonds is 3. The lowest BCUT2D eigenvalue weighted by Crippen LogP contribution is -2.33. The molecule has 0 aliphatic heterocycles. The molecule has 2 N–H and O–H groups in total. The maximum absolute atomic E-state index is 11.4. The molecular formula is C12H14N2O4S. The molecule has 0 fully saturated rings. The first-order chi connectivity index (χ1) is 9.06. The normalized spacial score (nSPS) is 9.37. The summed E-state index contributed by atoms with van der Waals surface area (Å²) in [5, 5.41) is 5.18. The standard InChI is InChI=1S/C12H14N2O4S/c1-3-18-10(15)8-4-6-9(7-5-8)13-11(19)14-12(16)17-2/h4-7H,3H2,1-2H3,(H2,13,14,16,19). The highest BCUT2D eigenvalue weighted by Crippen LogP contribution is 2.10. The van der Waals surface area contributed by atoms with Crippen LogP contribution in [0.5, 0.6) is 0 Å². The number of alkyl carbamates (subject to hydrolysis) is 1. The first-order valence-corrected chi connectivity index (χ1v) is 5.90. The number of nitrogens with one attached hydrogen (secondary N) is 2. The Bertz CT molecular complexity index is 473. The van der Waals surface area contributed by atoms with Gasteiger partial charge in [0, 0.05) is 5.69 Å². The molecular weight excluding hydrogens is 268 g/mol. The van der Waals surface area contributed by atoms with Gasteiger partial charge in [0.15, 0.2) is 5.11 Å². The molecule has 0 saturated carbocycles. The molecule has 102 valence electrons. The molecule has 0 unspecified atom stereocenters. The van der Waals surface area contributed by atoms with E-state index in [0.717, 1.165) is 0 Å². The number of carbonyl (C=O) groups excluding carboxylic acids is 2. The van der Waals surface area contributed by atoms with Crippen molar-refractivity contribution in [1.82, 2.24) is 5.32 Å². The van der Waals surface area contributed by atoms with Crippen molar-refractivity contribution in [2.45, 2.75) is 6.92 Å². The van der Waals surface area contributed by atoms with Crippen LogP contribution in [0.4, 0.5) is 10.5 Å². The van der Waals surface area contributed by atoms with E-state index in [1.807, 2.05) is 0 Å². The number of esters is 1. The summed E-state index contributed by atoms with van der Waals surface area (Å²) in [4.78, 5) is 22.3. The zero-order valence-corrected chi connectivity index (χ0v) is 11.4. The van der Waals surface area contributed by atoms with Gasteiger partial charge in [0.1, 0.15) is 0 Å². The fourth-order valence-electron chi connectivity index (χ4n) is 1.21. The predicted molar refractivity (Wildman–Crippen MR) is 74.2 cm³/mol. The summed E-state index contributed by atoms with van der Waals surface area (Å²) in [7, 11) is 1.24.